The van der Waals surface area contributed by atoms with Crippen molar-refractivity contribution in [3.63, 3.8) is 0 Å². The SMILES string of the molecule is CN(CS(=O)(=O)O)S(=O)(=O)c1ccc2c(c1)C(=O)c1ccc(S(=O)(=O)N(C)CS(=O)(=O)O)cc1C2=O. The summed E-state index contributed by atoms with van der Waals surface area (Å²) in [5.41, 5.74) is -1.20. The maximum absolute atomic E-state index is 13.0. The number of benzene rings is 2. The summed E-state index contributed by atoms with van der Waals surface area (Å²) in [6, 6.07) is 5.59. The van der Waals surface area contributed by atoms with Gasteiger partial charge in [-0.25, -0.2) is 16.8 Å². The maximum atomic E-state index is 13.0. The number of sulfonamides is 2. The fourth-order valence-corrected chi connectivity index (χ4v) is 7.95. The summed E-state index contributed by atoms with van der Waals surface area (Å²) in [6.45, 7) is 0. The van der Waals surface area contributed by atoms with E-state index in [4.69, 9.17) is 9.11 Å². The Morgan fingerprint density at radius 2 is 0.889 bits per heavy atom. The van der Waals surface area contributed by atoms with Crippen molar-refractivity contribution in [2.24, 2.45) is 0 Å². The van der Waals surface area contributed by atoms with Gasteiger partial charge in [-0.1, -0.05) is 0 Å². The topological polar surface area (TPSA) is 218 Å². The zero-order valence-corrected chi connectivity index (χ0v) is 21.6. The van der Waals surface area contributed by atoms with Crippen LogP contribution in [-0.2, 0) is 40.3 Å². The van der Waals surface area contributed by atoms with Crippen molar-refractivity contribution < 1.29 is 52.4 Å². The first kappa shape index (κ1) is 28.0. The van der Waals surface area contributed by atoms with Gasteiger partial charge in [0.15, 0.2) is 11.6 Å². The van der Waals surface area contributed by atoms with Crippen molar-refractivity contribution in [1.82, 2.24) is 8.61 Å². The molecule has 0 bridgehead atoms. The van der Waals surface area contributed by atoms with Gasteiger partial charge in [0.2, 0.25) is 20.0 Å². The quantitative estimate of drug-likeness (QED) is 0.318. The fraction of sp³-hybridized carbons (Fsp3) is 0.222. The van der Waals surface area contributed by atoms with Gasteiger partial charge >= 0.3 is 0 Å². The predicted octanol–water partition coefficient (Wildman–Crippen LogP) is -0.606. The first-order chi connectivity index (χ1) is 16.3. The van der Waals surface area contributed by atoms with Gasteiger partial charge in [0.05, 0.1) is 9.79 Å². The van der Waals surface area contributed by atoms with E-state index in [2.05, 4.69) is 0 Å². The van der Waals surface area contributed by atoms with Gasteiger partial charge in [-0.15, -0.1) is 0 Å². The van der Waals surface area contributed by atoms with E-state index in [0.29, 0.717) is 8.61 Å². The molecule has 1 aliphatic rings. The van der Waals surface area contributed by atoms with Crippen LogP contribution in [0.1, 0.15) is 31.8 Å². The van der Waals surface area contributed by atoms with Crippen molar-refractivity contribution in [3.8, 4) is 0 Å². The van der Waals surface area contributed by atoms with Crippen LogP contribution in [0, 0.1) is 0 Å². The third kappa shape index (κ3) is 5.39. The lowest BCUT2D eigenvalue weighted by Gasteiger charge is -2.21. The standard InChI is InChI=1S/C18H18N2O12S4/c1-19(9-33(23,24)25)35(29,30)11-3-5-13-15(7-11)17(21)14-6-4-12(8-16(14)18(13)22)36(31,32)20(2)10-34(26,27)28/h3-8H,9-10H2,1-2H3,(H,23,24,25)(H,26,27,28). The van der Waals surface area contributed by atoms with Crippen LogP contribution < -0.4 is 0 Å². The van der Waals surface area contributed by atoms with Crippen LogP contribution in [0.5, 0.6) is 0 Å². The second kappa shape index (κ2) is 9.06. The minimum Gasteiger partial charge on any atom is -0.289 e. The summed E-state index contributed by atoms with van der Waals surface area (Å²) in [5, 5.41) is 0. The van der Waals surface area contributed by atoms with Gasteiger partial charge < -0.3 is 0 Å². The van der Waals surface area contributed by atoms with Crippen LogP contribution in [0.3, 0.4) is 0 Å². The summed E-state index contributed by atoms with van der Waals surface area (Å²) in [5.74, 6) is -4.18. The number of rotatable bonds is 8. The van der Waals surface area contributed by atoms with Crippen molar-refractivity contribution in [2.75, 3.05) is 25.8 Å². The molecular formula is C18H18N2O12S4. The van der Waals surface area contributed by atoms with E-state index < -0.39 is 73.4 Å². The van der Waals surface area contributed by atoms with E-state index in [9.17, 15) is 43.3 Å². The molecule has 0 atom stereocenters. The molecule has 0 aliphatic heterocycles. The van der Waals surface area contributed by atoms with Crippen LogP contribution in [0.4, 0.5) is 0 Å². The minimum absolute atomic E-state index is 0.260. The Hall–Kier alpha value is -2.58. The molecule has 0 saturated carbocycles. The molecule has 2 N–H and O–H groups in total. The number of fused-ring (bicyclic) bond motifs is 2. The van der Waals surface area contributed by atoms with Gasteiger partial charge in [0, 0.05) is 36.3 Å². The maximum Gasteiger partial charge on any atom is 0.279 e. The molecule has 0 unspecified atom stereocenters. The molecule has 3 rings (SSSR count). The highest BCUT2D eigenvalue weighted by Gasteiger charge is 2.34. The summed E-state index contributed by atoms with van der Waals surface area (Å²) in [4.78, 5) is 25.0. The normalized spacial score (nSPS) is 14.7. The lowest BCUT2D eigenvalue weighted by Crippen LogP contribution is -2.33. The zero-order chi connectivity index (χ0) is 27.4. The average molecular weight is 583 g/mol. The molecular weight excluding hydrogens is 564 g/mol. The lowest BCUT2D eigenvalue weighted by atomic mass is 9.84. The zero-order valence-electron chi connectivity index (χ0n) is 18.4. The first-order valence-electron chi connectivity index (χ1n) is 9.46. The highest BCUT2D eigenvalue weighted by atomic mass is 32.2. The molecule has 36 heavy (non-hydrogen) atoms. The third-order valence-corrected chi connectivity index (χ3v) is 10.4. The summed E-state index contributed by atoms with van der Waals surface area (Å²) >= 11 is 0. The second-order valence-corrected chi connectivity index (χ2v) is 14.6. The number of carbonyl (C=O) groups excluding carboxylic acids is 2. The summed E-state index contributed by atoms with van der Waals surface area (Å²) in [7, 11) is -16.6. The van der Waals surface area contributed by atoms with E-state index in [-0.39, 0.29) is 22.3 Å². The Morgan fingerprint density at radius 3 is 1.17 bits per heavy atom. The van der Waals surface area contributed by atoms with Gasteiger partial charge in [-0.2, -0.15) is 25.4 Å². The fourth-order valence-electron chi connectivity index (χ4n) is 3.39. The van der Waals surface area contributed by atoms with Crippen LogP contribution in [0.15, 0.2) is 46.2 Å². The van der Waals surface area contributed by atoms with Crippen molar-refractivity contribution in [1.29, 1.82) is 0 Å². The number of carbonyl (C=O) groups is 2. The van der Waals surface area contributed by atoms with Gasteiger partial charge in [-0.05, 0) is 36.4 Å². The molecule has 14 nitrogen and oxygen atoms in total. The molecule has 1 aliphatic carbocycles. The molecule has 0 saturated heterocycles. The molecule has 0 heterocycles. The molecule has 18 heteroatoms. The van der Waals surface area contributed by atoms with Crippen LogP contribution in [-0.4, -0.2) is 88.8 Å². The average Bonchev–Trinajstić information content (AvgIpc) is 2.74. The van der Waals surface area contributed by atoms with E-state index in [1.54, 1.807) is 0 Å². The third-order valence-electron chi connectivity index (χ3n) is 5.07. The van der Waals surface area contributed by atoms with Gasteiger partial charge in [0.25, 0.3) is 20.2 Å². The van der Waals surface area contributed by atoms with Gasteiger partial charge in [-0.3, -0.25) is 18.7 Å². The number of ketones is 2. The molecule has 196 valence electrons. The first-order valence-corrected chi connectivity index (χ1v) is 15.6. The Balaban J connectivity index is 2.06. The summed E-state index contributed by atoms with van der Waals surface area (Å²) in [6.07, 6.45) is 0. The van der Waals surface area contributed by atoms with Crippen molar-refractivity contribution >= 4 is 51.8 Å². The number of nitrogens with zero attached hydrogens (tertiary/aromatic N) is 2. The monoisotopic (exact) mass is 582 g/mol. The largest absolute Gasteiger partial charge is 0.289 e. The van der Waals surface area contributed by atoms with Crippen LogP contribution >= 0.6 is 0 Å². The van der Waals surface area contributed by atoms with Crippen molar-refractivity contribution in [3.05, 3.63) is 58.7 Å². The lowest BCUT2D eigenvalue weighted by molar-refractivity contribution is 0.0978. The van der Waals surface area contributed by atoms with Crippen LogP contribution in [0.2, 0.25) is 0 Å². The number of hydrogen-bond acceptors (Lipinski definition) is 10. The molecule has 0 radical (unpaired) electrons. The predicted molar refractivity (Wildman–Crippen MR) is 122 cm³/mol. The van der Waals surface area contributed by atoms with E-state index in [1.807, 2.05) is 0 Å². The highest BCUT2D eigenvalue weighted by Crippen LogP contribution is 2.31. The Bertz CT molecular complexity index is 1600. The molecule has 0 spiro atoms. The smallest absolute Gasteiger partial charge is 0.279 e. The Kier molecular flexibility index (Phi) is 7.05. The highest BCUT2D eigenvalue weighted by molar-refractivity contribution is 7.91. The summed E-state index contributed by atoms with van der Waals surface area (Å²) < 4.78 is 113. The molecule has 2 aromatic rings. The van der Waals surface area contributed by atoms with Crippen LogP contribution in [0.25, 0.3) is 0 Å². The van der Waals surface area contributed by atoms with E-state index in [1.165, 1.54) is 0 Å². The van der Waals surface area contributed by atoms with E-state index >= 15 is 0 Å². The minimum atomic E-state index is -4.70. The molecule has 0 fully saturated rings. The Morgan fingerprint density at radius 1 is 0.583 bits per heavy atom. The van der Waals surface area contributed by atoms with Crippen molar-refractivity contribution in [2.45, 2.75) is 9.79 Å². The second-order valence-electron chi connectivity index (χ2n) is 7.70. The number of hydrogen-bond donors (Lipinski definition) is 2. The molecule has 0 amide bonds. The van der Waals surface area contributed by atoms with Gasteiger partial charge in [0.1, 0.15) is 11.8 Å². The Labute approximate surface area is 206 Å². The molecule has 2 aromatic carbocycles. The van der Waals surface area contributed by atoms with E-state index in [0.717, 1.165) is 50.5 Å². The molecule has 0 aromatic heterocycles.